The van der Waals surface area contributed by atoms with Gasteiger partial charge in [-0.2, -0.15) is 5.10 Å². The number of nitrogens with zero attached hydrogens (tertiary/aromatic N) is 1. The highest BCUT2D eigenvalue weighted by Gasteiger charge is 2.06. The summed E-state index contributed by atoms with van der Waals surface area (Å²) in [5.74, 6) is -0.389. The van der Waals surface area contributed by atoms with Crippen molar-refractivity contribution in [1.82, 2.24) is 10.2 Å². The Bertz CT molecular complexity index is 374. The van der Waals surface area contributed by atoms with Crippen molar-refractivity contribution in [3.8, 4) is 0 Å². The summed E-state index contributed by atoms with van der Waals surface area (Å²) in [7, 11) is 0. The van der Waals surface area contributed by atoms with E-state index in [2.05, 4.69) is 10.2 Å². The first-order chi connectivity index (χ1) is 5.27. The summed E-state index contributed by atoms with van der Waals surface area (Å²) in [6, 6.07) is 1.73. The fourth-order valence-corrected chi connectivity index (χ4v) is 1.70. The molecule has 0 bridgehead atoms. The molecule has 0 fully saturated rings. The van der Waals surface area contributed by atoms with Crippen molar-refractivity contribution < 1.29 is 4.79 Å². The molecule has 2 heterocycles. The van der Waals surface area contributed by atoms with Crippen LogP contribution in [0.25, 0.3) is 10.2 Å². The van der Waals surface area contributed by atoms with Gasteiger partial charge in [-0.15, -0.1) is 11.3 Å². The van der Waals surface area contributed by atoms with E-state index in [0.29, 0.717) is 4.88 Å². The second kappa shape index (κ2) is 2.06. The molecule has 0 aromatic carbocycles. The minimum atomic E-state index is -0.389. The van der Waals surface area contributed by atoms with Crippen molar-refractivity contribution >= 4 is 27.5 Å². The number of rotatable bonds is 1. The molecule has 1 amide bonds. The van der Waals surface area contributed by atoms with Gasteiger partial charge in [0.1, 0.15) is 4.83 Å². The van der Waals surface area contributed by atoms with Gasteiger partial charge in [0, 0.05) is 5.39 Å². The Morgan fingerprint density at radius 3 is 3.18 bits per heavy atom. The minimum Gasteiger partial charge on any atom is -0.365 e. The number of nitrogens with one attached hydrogen (secondary N) is 1. The Labute approximate surface area is 66.0 Å². The smallest absolute Gasteiger partial charge is 0.258 e. The third kappa shape index (κ3) is 0.894. The van der Waals surface area contributed by atoms with Crippen LogP contribution in [0.3, 0.4) is 0 Å². The van der Waals surface area contributed by atoms with E-state index in [1.54, 1.807) is 12.3 Å². The van der Waals surface area contributed by atoms with Gasteiger partial charge < -0.3 is 5.73 Å². The summed E-state index contributed by atoms with van der Waals surface area (Å²) in [4.78, 5) is 12.1. The molecule has 0 saturated carbocycles. The SMILES string of the molecule is NC(=O)c1cc2cn[nH]c2s1. The molecule has 0 aliphatic carbocycles. The van der Waals surface area contributed by atoms with Crippen molar-refractivity contribution in [2.45, 2.75) is 0 Å². The lowest BCUT2D eigenvalue weighted by molar-refractivity contribution is 0.100. The van der Waals surface area contributed by atoms with Gasteiger partial charge in [-0.25, -0.2) is 0 Å². The Balaban J connectivity index is 2.67. The van der Waals surface area contributed by atoms with E-state index in [-0.39, 0.29) is 5.91 Å². The number of aromatic nitrogens is 2. The van der Waals surface area contributed by atoms with E-state index in [9.17, 15) is 4.79 Å². The van der Waals surface area contributed by atoms with Crippen molar-refractivity contribution in [2.75, 3.05) is 0 Å². The van der Waals surface area contributed by atoms with E-state index in [1.165, 1.54) is 11.3 Å². The van der Waals surface area contributed by atoms with Gasteiger partial charge >= 0.3 is 0 Å². The summed E-state index contributed by atoms with van der Waals surface area (Å²) in [5, 5.41) is 7.48. The Morgan fingerprint density at radius 2 is 2.55 bits per heavy atom. The topological polar surface area (TPSA) is 71.8 Å². The Kier molecular flexibility index (Phi) is 1.19. The summed E-state index contributed by atoms with van der Waals surface area (Å²) >= 11 is 1.32. The van der Waals surface area contributed by atoms with Crippen LogP contribution in [0.15, 0.2) is 12.3 Å². The normalized spacial score (nSPS) is 10.5. The molecule has 0 spiro atoms. The van der Waals surface area contributed by atoms with Crippen LogP contribution in [0.1, 0.15) is 9.67 Å². The first-order valence-corrected chi connectivity index (χ1v) is 3.82. The number of fused-ring (bicyclic) bond motifs is 1. The van der Waals surface area contributed by atoms with Gasteiger partial charge in [0.05, 0.1) is 11.1 Å². The van der Waals surface area contributed by atoms with Gasteiger partial charge in [0.2, 0.25) is 0 Å². The van der Waals surface area contributed by atoms with E-state index in [1.807, 2.05) is 0 Å². The zero-order valence-electron chi connectivity index (χ0n) is 5.50. The fraction of sp³-hybridized carbons (Fsp3) is 0. The summed E-state index contributed by atoms with van der Waals surface area (Å²) in [6.07, 6.45) is 1.66. The lowest BCUT2D eigenvalue weighted by atomic mass is 10.4. The van der Waals surface area contributed by atoms with Gasteiger partial charge in [0.15, 0.2) is 0 Å². The van der Waals surface area contributed by atoms with E-state index in [0.717, 1.165) is 10.2 Å². The summed E-state index contributed by atoms with van der Waals surface area (Å²) in [5.41, 5.74) is 5.07. The predicted molar refractivity (Wildman–Crippen MR) is 42.5 cm³/mol. The number of amides is 1. The number of carbonyl (C=O) groups is 1. The number of H-pyrrole nitrogens is 1. The van der Waals surface area contributed by atoms with Gasteiger partial charge in [-0.05, 0) is 6.07 Å². The molecule has 0 radical (unpaired) electrons. The molecule has 0 saturated heterocycles. The second-order valence-corrected chi connectivity index (χ2v) is 3.18. The average Bonchev–Trinajstić information content (AvgIpc) is 2.40. The molecule has 3 N–H and O–H groups in total. The highest BCUT2D eigenvalue weighted by molar-refractivity contribution is 7.20. The molecule has 11 heavy (non-hydrogen) atoms. The zero-order chi connectivity index (χ0) is 7.84. The van der Waals surface area contributed by atoms with E-state index >= 15 is 0 Å². The molecule has 0 aliphatic heterocycles. The summed E-state index contributed by atoms with van der Waals surface area (Å²) < 4.78 is 0. The van der Waals surface area contributed by atoms with Gasteiger partial charge in [-0.3, -0.25) is 9.89 Å². The third-order valence-corrected chi connectivity index (χ3v) is 2.44. The number of hydrogen-bond donors (Lipinski definition) is 2. The Hall–Kier alpha value is -1.36. The van der Waals surface area contributed by atoms with Crippen LogP contribution < -0.4 is 5.73 Å². The molecule has 5 heteroatoms. The maximum atomic E-state index is 10.7. The lowest BCUT2D eigenvalue weighted by Crippen LogP contribution is -2.08. The van der Waals surface area contributed by atoms with Gasteiger partial charge in [-0.1, -0.05) is 0 Å². The minimum absolute atomic E-state index is 0.389. The van der Waals surface area contributed by atoms with Crippen molar-refractivity contribution in [3.05, 3.63) is 17.1 Å². The maximum absolute atomic E-state index is 10.7. The zero-order valence-corrected chi connectivity index (χ0v) is 6.31. The molecule has 0 aliphatic rings. The molecule has 2 aromatic heterocycles. The summed E-state index contributed by atoms with van der Waals surface area (Å²) in [6.45, 7) is 0. The van der Waals surface area contributed by atoms with Crippen LogP contribution >= 0.6 is 11.3 Å². The quantitative estimate of drug-likeness (QED) is 0.657. The standard InChI is InChI=1S/C6H5N3OS/c7-5(10)4-1-3-2-8-9-6(3)11-4/h1-2H,(H2,7,10)(H,8,9). The van der Waals surface area contributed by atoms with Crippen molar-refractivity contribution in [3.63, 3.8) is 0 Å². The van der Waals surface area contributed by atoms with Crippen LogP contribution in [-0.4, -0.2) is 16.1 Å². The molecule has 0 unspecified atom stereocenters. The van der Waals surface area contributed by atoms with Crippen LogP contribution in [0.5, 0.6) is 0 Å². The number of aromatic amines is 1. The van der Waals surface area contributed by atoms with Crippen LogP contribution in [-0.2, 0) is 0 Å². The molecule has 56 valence electrons. The van der Waals surface area contributed by atoms with E-state index < -0.39 is 0 Å². The average molecular weight is 167 g/mol. The van der Waals surface area contributed by atoms with Crippen LogP contribution in [0.2, 0.25) is 0 Å². The molecule has 2 rings (SSSR count). The fourth-order valence-electron chi connectivity index (χ4n) is 0.870. The van der Waals surface area contributed by atoms with Crippen molar-refractivity contribution in [1.29, 1.82) is 0 Å². The number of thiophene rings is 1. The molecular formula is C6H5N3OS. The second-order valence-electron chi connectivity index (χ2n) is 2.13. The first-order valence-electron chi connectivity index (χ1n) is 3.00. The highest BCUT2D eigenvalue weighted by atomic mass is 32.1. The first kappa shape index (κ1) is 6.36. The monoisotopic (exact) mass is 167 g/mol. The number of nitrogens with two attached hydrogens (primary N) is 1. The highest BCUT2D eigenvalue weighted by Crippen LogP contribution is 2.22. The predicted octanol–water partition coefficient (Wildman–Crippen LogP) is 0.723. The van der Waals surface area contributed by atoms with Crippen LogP contribution in [0.4, 0.5) is 0 Å². The van der Waals surface area contributed by atoms with E-state index in [4.69, 9.17) is 5.73 Å². The Morgan fingerprint density at radius 1 is 1.73 bits per heavy atom. The number of primary amides is 1. The van der Waals surface area contributed by atoms with Gasteiger partial charge in [0.25, 0.3) is 5.91 Å². The number of carbonyl (C=O) groups excluding carboxylic acids is 1. The molecule has 0 atom stereocenters. The largest absolute Gasteiger partial charge is 0.365 e. The molecule has 4 nitrogen and oxygen atoms in total. The number of hydrogen-bond acceptors (Lipinski definition) is 3. The van der Waals surface area contributed by atoms with Crippen LogP contribution in [0, 0.1) is 0 Å². The molecular weight excluding hydrogens is 162 g/mol. The third-order valence-electron chi connectivity index (χ3n) is 1.37. The molecule has 2 aromatic rings. The van der Waals surface area contributed by atoms with Crippen molar-refractivity contribution in [2.24, 2.45) is 5.73 Å². The maximum Gasteiger partial charge on any atom is 0.258 e. The lowest BCUT2D eigenvalue weighted by Gasteiger charge is -1.81.